The third-order valence-corrected chi connectivity index (χ3v) is 6.49. The number of likely N-dealkylation sites (tertiary alicyclic amines) is 1. The lowest BCUT2D eigenvalue weighted by Crippen LogP contribution is -2.63. The van der Waals surface area contributed by atoms with E-state index >= 15 is 0 Å². The summed E-state index contributed by atoms with van der Waals surface area (Å²) in [6.45, 7) is 3.38. The van der Waals surface area contributed by atoms with Crippen LogP contribution in [0.25, 0.3) is 0 Å². The zero-order valence-corrected chi connectivity index (χ0v) is 13.8. The normalized spacial score (nSPS) is 37.4. The molecule has 2 aliphatic carbocycles. The molecular formula is C19H25NO2. The minimum atomic E-state index is 0.0497. The summed E-state index contributed by atoms with van der Waals surface area (Å²) in [5, 5.41) is 0. The van der Waals surface area contributed by atoms with Crippen molar-refractivity contribution < 1.29 is 9.53 Å². The second-order valence-electron chi connectivity index (χ2n) is 7.60. The fourth-order valence-corrected chi connectivity index (χ4v) is 5.63. The maximum Gasteiger partial charge on any atom is 0.134 e. The number of fused-ring (bicyclic) bond motifs is 1. The molecule has 1 saturated heterocycles. The van der Waals surface area contributed by atoms with Crippen LogP contribution in [0.4, 0.5) is 0 Å². The molecule has 0 aromatic heterocycles. The number of likely N-dealkylation sites (N-methyl/N-ethyl adjacent to an activating group) is 1. The van der Waals surface area contributed by atoms with E-state index < -0.39 is 0 Å². The maximum absolute atomic E-state index is 12.4. The first-order valence-electron chi connectivity index (χ1n) is 8.44. The van der Waals surface area contributed by atoms with E-state index in [0.717, 1.165) is 38.0 Å². The van der Waals surface area contributed by atoms with Crippen molar-refractivity contribution in [2.24, 2.45) is 11.8 Å². The van der Waals surface area contributed by atoms with Gasteiger partial charge < -0.3 is 9.64 Å². The van der Waals surface area contributed by atoms with E-state index in [-0.39, 0.29) is 5.41 Å². The fourth-order valence-electron chi connectivity index (χ4n) is 5.63. The van der Waals surface area contributed by atoms with E-state index in [2.05, 4.69) is 37.1 Å². The summed E-state index contributed by atoms with van der Waals surface area (Å²) in [7, 11) is 3.98. The number of ketones is 1. The molecular weight excluding hydrogens is 274 g/mol. The van der Waals surface area contributed by atoms with E-state index in [4.69, 9.17) is 4.74 Å². The van der Waals surface area contributed by atoms with Crippen molar-refractivity contribution in [3.8, 4) is 5.75 Å². The zero-order chi connectivity index (χ0) is 15.5. The number of nitrogens with zero attached hydrogens (tertiary/aromatic N) is 1. The number of carbonyl (C=O) groups is 1. The van der Waals surface area contributed by atoms with E-state index in [9.17, 15) is 4.79 Å². The van der Waals surface area contributed by atoms with Crippen LogP contribution in [0.3, 0.4) is 0 Å². The number of benzene rings is 1. The van der Waals surface area contributed by atoms with Crippen molar-refractivity contribution in [1.29, 1.82) is 0 Å². The molecule has 4 atom stereocenters. The molecule has 1 saturated carbocycles. The van der Waals surface area contributed by atoms with Crippen molar-refractivity contribution in [2.75, 3.05) is 20.7 Å². The number of carbonyl (C=O) groups excluding carboxylic acids is 1. The predicted molar refractivity (Wildman–Crippen MR) is 86.3 cm³/mol. The molecule has 2 fully saturated rings. The molecule has 3 heteroatoms. The summed E-state index contributed by atoms with van der Waals surface area (Å²) in [6, 6.07) is 7.09. The summed E-state index contributed by atoms with van der Waals surface area (Å²) in [4.78, 5) is 15.0. The van der Waals surface area contributed by atoms with Crippen molar-refractivity contribution in [3.63, 3.8) is 0 Å². The molecule has 118 valence electrons. The van der Waals surface area contributed by atoms with Crippen LogP contribution in [-0.4, -0.2) is 37.4 Å². The lowest BCUT2D eigenvalue weighted by Gasteiger charge is -2.60. The summed E-state index contributed by atoms with van der Waals surface area (Å²) in [5.41, 5.74) is 2.88. The van der Waals surface area contributed by atoms with Gasteiger partial charge in [0.1, 0.15) is 11.5 Å². The number of hydrogen-bond donors (Lipinski definition) is 0. The Morgan fingerprint density at radius 2 is 2.14 bits per heavy atom. The zero-order valence-electron chi connectivity index (χ0n) is 13.8. The highest BCUT2D eigenvalue weighted by atomic mass is 16.5. The Labute approximate surface area is 132 Å². The van der Waals surface area contributed by atoms with Gasteiger partial charge in [-0.3, -0.25) is 4.79 Å². The van der Waals surface area contributed by atoms with E-state index in [0.29, 0.717) is 23.7 Å². The minimum absolute atomic E-state index is 0.0497. The number of Topliss-reactive ketones (excluding diaryl/α,β-unsaturated/α-hetero) is 1. The molecule has 1 aliphatic heterocycles. The topological polar surface area (TPSA) is 29.5 Å². The van der Waals surface area contributed by atoms with Crippen LogP contribution in [0.5, 0.6) is 5.75 Å². The van der Waals surface area contributed by atoms with Crippen LogP contribution in [-0.2, 0) is 16.6 Å². The molecule has 3 nitrogen and oxygen atoms in total. The maximum atomic E-state index is 12.4. The molecule has 0 N–H and O–H groups in total. The van der Waals surface area contributed by atoms with Gasteiger partial charge in [-0.15, -0.1) is 0 Å². The van der Waals surface area contributed by atoms with Gasteiger partial charge in [0.2, 0.25) is 0 Å². The Morgan fingerprint density at radius 1 is 1.32 bits per heavy atom. The number of ether oxygens (including phenoxy) is 1. The molecule has 3 aliphatic rings. The van der Waals surface area contributed by atoms with Crippen LogP contribution >= 0.6 is 0 Å². The number of methoxy groups -OCH3 is 1. The van der Waals surface area contributed by atoms with Gasteiger partial charge in [0.05, 0.1) is 7.11 Å². The second-order valence-corrected chi connectivity index (χ2v) is 7.60. The average molecular weight is 299 g/mol. The smallest absolute Gasteiger partial charge is 0.134 e. The largest absolute Gasteiger partial charge is 0.497 e. The molecule has 0 radical (unpaired) electrons. The summed E-state index contributed by atoms with van der Waals surface area (Å²) < 4.78 is 5.47. The first-order chi connectivity index (χ1) is 10.5. The van der Waals surface area contributed by atoms with Gasteiger partial charge >= 0.3 is 0 Å². The van der Waals surface area contributed by atoms with Gasteiger partial charge in [-0.1, -0.05) is 13.0 Å². The average Bonchev–Trinajstić information content (AvgIpc) is 2.50. The summed E-state index contributed by atoms with van der Waals surface area (Å²) >= 11 is 0. The molecule has 1 aromatic carbocycles. The fraction of sp³-hybridized carbons (Fsp3) is 0.632. The first-order valence-corrected chi connectivity index (χ1v) is 8.44. The summed E-state index contributed by atoms with van der Waals surface area (Å²) in [5.74, 6) is 2.45. The minimum Gasteiger partial charge on any atom is -0.497 e. The molecule has 1 unspecified atom stereocenters. The molecule has 22 heavy (non-hydrogen) atoms. The van der Waals surface area contributed by atoms with Gasteiger partial charge in [-0.2, -0.15) is 0 Å². The molecule has 4 rings (SSSR count). The molecule has 0 amide bonds. The lowest BCUT2D eigenvalue weighted by atomic mass is 9.49. The van der Waals surface area contributed by atoms with Crippen LogP contribution in [0.2, 0.25) is 0 Å². The number of rotatable bonds is 1. The Hall–Kier alpha value is -1.35. The highest BCUT2D eigenvalue weighted by Gasteiger charge is 2.57. The SMILES string of the molecule is COc1ccc2c(c1)[C@]13CCN(C)[C@H](C2)[C@@H]1C(C)CC(=O)C3. The Balaban J connectivity index is 1.92. The van der Waals surface area contributed by atoms with Gasteiger partial charge in [-0.05, 0) is 61.5 Å². The van der Waals surface area contributed by atoms with Crippen molar-refractivity contribution in [2.45, 2.75) is 44.1 Å². The lowest BCUT2D eigenvalue weighted by molar-refractivity contribution is -0.130. The van der Waals surface area contributed by atoms with Crippen LogP contribution in [0, 0.1) is 11.8 Å². The second kappa shape index (κ2) is 4.82. The predicted octanol–water partition coefficient (Wildman–Crippen LogP) is 2.81. The Morgan fingerprint density at radius 3 is 2.91 bits per heavy atom. The molecule has 2 bridgehead atoms. The highest BCUT2D eigenvalue weighted by Crippen LogP contribution is 2.56. The van der Waals surface area contributed by atoms with Crippen LogP contribution in [0.15, 0.2) is 18.2 Å². The third-order valence-electron chi connectivity index (χ3n) is 6.49. The van der Waals surface area contributed by atoms with Gasteiger partial charge in [0.15, 0.2) is 0 Å². The van der Waals surface area contributed by atoms with Crippen LogP contribution < -0.4 is 4.74 Å². The van der Waals surface area contributed by atoms with Gasteiger partial charge in [-0.25, -0.2) is 0 Å². The number of hydrogen-bond acceptors (Lipinski definition) is 3. The summed E-state index contributed by atoms with van der Waals surface area (Å²) in [6.07, 6.45) is 3.70. The van der Waals surface area contributed by atoms with Crippen molar-refractivity contribution in [1.82, 2.24) is 4.90 Å². The molecule has 1 heterocycles. The molecule has 1 aromatic rings. The van der Waals surface area contributed by atoms with Crippen molar-refractivity contribution >= 4 is 5.78 Å². The highest BCUT2D eigenvalue weighted by molar-refractivity contribution is 5.82. The van der Waals surface area contributed by atoms with Gasteiger partial charge in [0, 0.05) is 24.3 Å². The Bertz CT molecular complexity index is 626. The van der Waals surface area contributed by atoms with Crippen molar-refractivity contribution in [3.05, 3.63) is 29.3 Å². The standard InChI is InChI=1S/C19H25NO2/c1-12-8-14(21)11-19-6-7-20(2)17(18(12)19)9-13-4-5-15(22-3)10-16(13)19/h4-5,10,12,17-18H,6-9,11H2,1-3H3/t12?,17-,18+,19-/m1/s1. The Kier molecular flexibility index (Phi) is 3.12. The third kappa shape index (κ3) is 1.81. The van der Waals surface area contributed by atoms with Gasteiger partial charge in [0.25, 0.3) is 0 Å². The van der Waals surface area contributed by atoms with E-state index in [1.807, 2.05) is 0 Å². The number of piperidine rings is 1. The quantitative estimate of drug-likeness (QED) is 0.798. The first kappa shape index (κ1) is 14.3. The van der Waals surface area contributed by atoms with E-state index in [1.54, 1.807) is 7.11 Å². The van der Waals surface area contributed by atoms with Crippen LogP contribution in [0.1, 0.15) is 37.3 Å². The molecule has 0 spiro atoms. The monoisotopic (exact) mass is 299 g/mol. The van der Waals surface area contributed by atoms with E-state index in [1.165, 1.54) is 11.1 Å².